The Morgan fingerprint density at radius 1 is 1.50 bits per heavy atom. The van der Waals surface area contributed by atoms with Crippen LogP contribution in [0.25, 0.3) is 0 Å². The summed E-state index contributed by atoms with van der Waals surface area (Å²) in [5.41, 5.74) is 0. The minimum atomic E-state index is -0.429. The van der Waals surface area contributed by atoms with Gasteiger partial charge < -0.3 is 9.47 Å². The van der Waals surface area contributed by atoms with Crippen LogP contribution in [0.15, 0.2) is 11.0 Å². The Labute approximate surface area is 78.3 Å². The first-order chi connectivity index (χ1) is 5.58. The number of hydrogen-bond acceptors (Lipinski definition) is 3. The zero-order chi connectivity index (χ0) is 8.77. The summed E-state index contributed by atoms with van der Waals surface area (Å²) in [4.78, 5) is 1.02. The first-order valence-electron chi connectivity index (χ1n) is 4.33. The molecule has 0 bridgehead atoms. The largest absolute Gasteiger partial charge is 0.344 e. The molecule has 2 aliphatic rings. The third-order valence-corrected chi connectivity index (χ3v) is 2.72. The number of thiol groups is 1. The summed E-state index contributed by atoms with van der Waals surface area (Å²) in [5, 5.41) is 0. The molecule has 0 aromatic carbocycles. The molecule has 1 aliphatic heterocycles. The molecule has 0 saturated carbocycles. The molecule has 0 unspecified atom stereocenters. The van der Waals surface area contributed by atoms with Crippen molar-refractivity contribution in [1.82, 2.24) is 0 Å². The first kappa shape index (κ1) is 8.60. The minimum Gasteiger partial charge on any atom is -0.344 e. The molecule has 1 aliphatic carbocycles. The fraction of sp³-hybridized carbons (Fsp3) is 0.778. The molecular weight excluding hydrogens is 172 g/mol. The van der Waals surface area contributed by atoms with Gasteiger partial charge in [-0.1, -0.05) is 6.08 Å². The average Bonchev–Trinajstić information content (AvgIpc) is 2.25. The van der Waals surface area contributed by atoms with E-state index in [9.17, 15) is 0 Å². The van der Waals surface area contributed by atoms with Crippen molar-refractivity contribution in [2.45, 2.75) is 44.7 Å². The quantitative estimate of drug-likeness (QED) is 0.584. The van der Waals surface area contributed by atoms with Gasteiger partial charge in [0.1, 0.15) is 6.10 Å². The summed E-state index contributed by atoms with van der Waals surface area (Å²) in [7, 11) is 0. The van der Waals surface area contributed by atoms with Crippen LogP contribution >= 0.6 is 12.6 Å². The number of rotatable bonds is 0. The maximum absolute atomic E-state index is 5.71. The van der Waals surface area contributed by atoms with Gasteiger partial charge >= 0.3 is 0 Å². The lowest BCUT2D eigenvalue weighted by molar-refractivity contribution is -0.143. The fourth-order valence-electron chi connectivity index (χ4n) is 1.81. The van der Waals surface area contributed by atoms with Crippen LogP contribution in [0.1, 0.15) is 26.7 Å². The van der Waals surface area contributed by atoms with Crippen molar-refractivity contribution < 1.29 is 9.47 Å². The summed E-state index contributed by atoms with van der Waals surface area (Å²) in [6.07, 6.45) is 4.53. The Kier molecular flexibility index (Phi) is 1.97. The normalized spacial score (nSPS) is 39.1. The number of ether oxygens (including phenoxy) is 2. The van der Waals surface area contributed by atoms with E-state index in [-0.39, 0.29) is 12.2 Å². The van der Waals surface area contributed by atoms with Gasteiger partial charge in [-0.15, -0.1) is 12.6 Å². The van der Waals surface area contributed by atoms with E-state index in [1.54, 1.807) is 0 Å². The maximum Gasteiger partial charge on any atom is 0.164 e. The van der Waals surface area contributed by atoms with Crippen LogP contribution in [0.4, 0.5) is 0 Å². The summed E-state index contributed by atoms with van der Waals surface area (Å²) in [6.45, 7) is 3.90. The van der Waals surface area contributed by atoms with Crippen molar-refractivity contribution in [3.05, 3.63) is 11.0 Å². The van der Waals surface area contributed by atoms with E-state index in [2.05, 4.69) is 18.7 Å². The standard InChI is InChI=1S/C9H14O2S/c1-9(2)10-6-4-3-5-7(12)8(6)11-9/h5-6,8,12H,3-4H2,1-2H3/t6-,8-/m0/s1. The lowest BCUT2D eigenvalue weighted by Crippen LogP contribution is -2.25. The molecule has 2 nitrogen and oxygen atoms in total. The molecule has 2 rings (SSSR count). The number of hydrogen-bond donors (Lipinski definition) is 1. The summed E-state index contributed by atoms with van der Waals surface area (Å²) in [5.74, 6) is -0.429. The van der Waals surface area contributed by atoms with Crippen LogP contribution in [0.5, 0.6) is 0 Å². The van der Waals surface area contributed by atoms with E-state index in [0.717, 1.165) is 17.7 Å². The van der Waals surface area contributed by atoms with Crippen molar-refractivity contribution in [2.24, 2.45) is 0 Å². The minimum absolute atomic E-state index is 0.0806. The van der Waals surface area contributed by atoms with Crippen molar-refractivity contribution >= 4 is 12.6 Å². The summed E-state index contributed by atoms with van der Waals surface area (Å²) in [6, 6.07) is 0. The molecule has 3 heteroatoms. The highest BCUT2D eigenvalue weighted by Gasteiger charge is 2.43. The smallest absolute Gasteiger partial charge is 0.164 e. The van der Waals surface area contributed by atoms with Crippen LogP contribution in [-0.4, -0.2) is 18.0 Å². The molecule has 0 radical (unpaired) electrons. The summed E-state index contributed by atoms with van der Waals surface area (Å²) >= 11 is 4.37. The Hall–Kier alpha value is 0.01000. The van der Waals surface area contributed by atoms with Crippen LogP contribution in [0, 0.1) is 0 Å². The van der Waals surface area contributed by atoms with Gasteiger partial charge in [-0.05, 0) is 26.7 Å². The Morgan fingerprint density at radius 3 is 2.92 bits per heavy atom. The molecule has 2 atom stereocenters. The van der Waals surface area contributed by atoms with E-state index in [0.29, 0.717) is 0 Å². The average molecular weight is 186 g/mol. The number of fused-ring (bicyclic) bond motifs is 1. The third kappa shape index (κ3) is 1.41. The lowest BCUT2D eigenvalue weighted by Gasteiger charge is -2.20. The van der Waals surface area contributed by atoms with Gasteiger partial charge in [0.25, 0.3) is 0 Å². The van der Waals surface area contributed by atoms with Gasteiger partial charge in [-0.3, -0.25) is 0 Å². The van der Waals surface area contributed by atoms with Crippen LogP contribution in [0.3, 0.4) is 0 Å². The molecule has 1 fully saturated rings. The molecule has 1 saturated heterocycles. The molecule has 1 heterocycles. The SMILES string of the molecule is CC1(C)O[C@H]2CCC=C(S)[C@H]2O1. The monoisotopic (exact) mass is 186 g/mol. The Morgan fingerprint density at radius 2 is 2.25 bits per heavy atom. The van der Waals surface area contributed by atoms with Gasteiger partial charge in [0.2, 0.25) is 0 Å². The summed E-state index contributed by atoms with van der Waals surface area (Å²) < 4.78 is 11.4. The van der Waals surface area contributed by atoms with E-state index in [1.807, 2.05) is 13.8 Å². The van der Waals surface area contributed by atoms with Gasteiger partial charge in [0, 0.05) is 4.91 Å². The maximum atomic E-state index is 5.71. The molecule has 12 heavy (non-hydrogen) atoms. The zero-order valence-corrected chi connectivity index (χ0v) is 8.30. The van der Waals surface area contributed by atoms with Crippen molar-refractivity contribution in [1.29, 1.82) is 0 Å². The van der Waals surface area contributed by atoms with Crippen molar-refractivity contribution in [2.75, 3.05) is 0 Å². The predicted octanol–water partition coefficient (Wildman–Crippen LogP) is 2.11. The second kappa shape index (κ2) is 2.76. The highest BCUT2D eigenvalue weighted by atomic mass is 32.1. The molecule has 68 valence electrons. The van der Waals surface area contributed by atoms with E-state index in [1.165, 1.54) is 0 Å². The lowest BCUT2D eigenvalue weighted by atomic mass is 10.0. The van der Waals surface area contributed by atoms with Crippen LogP contribution in [-0.2, 0) is 9.47 Å². The molecular formula is C9H14O2S. The van der Waals surface area contributed by atoms with Gasteiger partial charge in [-0.2, -0.15) is 0 Å². The second-order valence-corrected chi connectivity index (χ2v) is 4.32. The topological polar surface area (TPSA) is 18.5 Å². The Bertz CT molecular complexity index is 223. The molecule has 0 N–H and O–H groups in total. The van der Waals surface area contributed by atoms with E-state index < -0.39 is 5.79 Å². The third-order valence-electron chi connectivity index (χ3n) is 2.28. The highest BCUT2D eigenvalue weighted by Crippen LogP contribution is 2.38. The van der Waals surface area contributed by atoms with Crippen molar-refractivity contribution in [3.63, 3.8) is 0 Å². The second-order valence-electron chi connectivity index (χ2n) is 3.80. The predicted molar refractivity (Wildman–Crippen MR) is 50.1 cm³/mol. The van der Waals surface area contributed by atoms with Gasteiger partial charge in [-0.25, -0.2) is 0 Å². The Balaban J connectivity index is 2.18. The molecule has 0 amide bonds. The first-order valence-corrected chi connectivity index (χ1v) is 4.78. The fourth-order valence-corrected chi connectivity index (χ4v) is 2.16. The number of allylic oxidation sites excluding steroid dienone is 1. The van der Waals surface area contributed by atoms with Crippen LogP contribution < -0.4 is 0 Å². The van der Waals surface area contributed by atoms with E-state index in [4.69, 9.17) is 9.47 Å². The van der Waals surface area contributed by atoms with E-state index >= 15 is 0 Å². The molecule has 0 aromatic rings. The van der Waals surface area contributed by atoms with Crippen LogP contribution in [0.2, 0.25) is 0 Å². The van der Waals surface area contributed by atoms with Gasteiger partial charge in [0.15, 0.2) is 5.79 Å². The highest BCUT2D eigenvalue weighted by molar-refractivity contribution is 7.84. The zero-order valence-electron chi connectivity index (χ0n) is 7.41. The van der Waals surface area contributed by atoms with Gasteiger partial charge in [0.05, 0.1) is 6.10 Å². The van der Waals surface area contributed by atoms with Crippen molar-refractivity contribution in [3.8, 4) is 0 Å². The molecule has 0 spiro atoms. The molecule has 0 aromatic heterocycles.